The molecule has 0 fully saturated rings. The van der Waals surface area contributed by atoms with Gasteiger partial charge in [-0.25, -0.2) is 0 Å². The molecule has 0 atom stereocenters. The normalized spacial score (nSPS) is 23.2. The van der Waals surface area contributed by atoms with Gasteiger partial charge in [0.15, 0.2) is 0 Å². The quantitative estimate of drug-likeness (QED) is 0.580. The summed E-state index contributed by atoms with van der Waals surface area (Å²) in [5.41, 5.74) is 9.95. The van der Waals surface area contributed by atoms with Crippen molar-refractivity contribution in [3.63, 3.8) is 0 Å². The highest BCUT2D eigenvalue weighted by molar-refractivity contribution is 5.39. The summed E-state index contributed by atoms with van der Waals surface area (Å²) in [5, 5.41) is 0. The average Bonchev–Trinajstić information content (AvgIpc) is 2.29. The molecule has 1 heteroatoms. The Balaban J connectivity index is 2.35. The predicted molar refractivity (Wildman–Crippen MR) is 51.5 cm³/mol. The molecule has 0 heterocycles. The number of rotatable bonds is 0. The molecule has 0 radical (unpaired) electrons. The van der Waals surface area contributed by atoms with E-state index in [4.69, 9.17) is 5.73 Å². The van der Waals surface area contributed by atoms with Crippen molar-refractivity contribution in [2.24, 2.45) is 5.73 Å². The van der Waals surface area contributed by atoms with E-state index in [9.17, 15) is 0 Å². The van der Waals surface area contributed by atoms with Crippen molar-refractivity contribution in [2.45, 2.75) is 32.1 Å². The maximum absolute atomic E-state index is 5.94. The van der Waals surface area contributed by atoms with E-state index in [0.717, 1.165) is 12.1 Å². The van der Waals surface area contributed by atoms with Gasteiger partial charge in [0, 0.05) is 5.70 Å². The number of allylic oxidation sites excluding steroid dienone is 5. The van der Waals surface area contributed by atoms with Crippen LogP contribution in [0.4, 0.5) is 0 Å². The fourth-order valence-corrected chi connectivity index (χ4v) is 2.02. The molecule has 0 bridgehead atoms. The summed E-state index contributed by atoms with van der Waals surface area (Å²) < 4.78 is 0. The zero-order chi connectivity index (χ0) is 8.39. The van der Waals surface area contributed by atoms with Crippen molar-refractivity contribution in [3.8, 4) is 0 Å². The summed E-state index contributed by atoms with van der Waals surface area (Å²) in [4.78, 5) is 0. The zero-order valence-electron chi connectivity index (χ0n) is 7.34. The van der Waals surface area contributed by atoms with Crippen molar-refractivity contribution in [1.82, 2.24) is 0 Å². The number of nitrogens with two attached hydrogens (primary N) is 1. The predicted octanol–water partition coefficient (Wildman–Crippen LogP) is 2.66. The molecular formula is C11H15N. The first-order chi connectivity index (χ1) is 5.88. The Bertz CT molecular complexity index is 269. The van der Waals surface area contributed by atoms with E-state index < -0.39 is 0 Å². The fraction of sp³-hybridized carbons (Fsp3) is 0.455. The van der Waals surface area contributed by atoms with Crippen molar-refractivity contribution in [2.75, 3.05) is 0 Å². The van der Waals surface area contributed by atoms with Crippen LogP contribution in [0.2, 0.25) is 0 Å². The highest BCUT2D eigenvalue weighted by Gasteiger charge is 2.14. The fourth-order valence-electron chi connectivity index (χ4n) is 2.02. The summed E-state index contributed by atoms with van der Waals surface area (Å²) in [6.45, 7) is 0. The van der Waals surface area contributed by atoms with Gasteiger partial charge in [0.1, 0.15) is 0 Å². The summed E-state index contributed by atoms with van der Waals surface area (Å²) in [6.07, 6.45) is 12.6. The Morgan fingerprint density at radius 1 is 1.17 bits per heavy atom. The van der Waals surface area contributed by atoms with Gasteiger partial charge in [-0.15, -0.1) is 0 Å². The third-order valence-electron chi connectivity index (χ3n) is 2.71. The van der Waals surface area contributed by atoms with E-state index in [0.29, 0.717) is 0 Å². The van der Waals surface area contributed by atoms with Gasteiger partial charge in [-0.05, 0) is 43.8 Å². The lowest BCUT2D eigenvalue weighted by molar-refractivity contribution is 0.667. The van der Waals surface area contributed by atoms with Crippen LogP contribution in [-0.2, 0) is 0 Å². The van der Waals surface area contributed by atoms with Crippen LogP contribution in [0.25, 0.3) is 0 Å². The van der Waals surface area contributed by atoms with E-state index in [-0.39, 0.29) is 0 Å². The van der Waals surface area contributed by atoms with Gasteiger partial charge in [-0.2, -0.15) is 0 Å². The van der Waals surface area contributed by atoms with Crippen LogP contribution in [0.15, 0.2) is 35.1 Å². The summed E-state index contributed by atoms with van der Waals surface area (Å²) >= 11 is 0. The molecule has 2 N–H and O–H groups in total. The molecule has 1 nitrogen and oxygen atoms in total. The molecule has 0 unspecified atom stereocenters. The van der Waals surface area contributed by atoms with Crippen LogP contribution in [-0.4, -0.2) is 0 Å². The van der Waals surface area contributed by atoms with Crippen molar-refractivity contribution in [1.29, 1.82) is 0 Å². The number of hydrogen-bond acceptors (Lipinski definition) is 1. The first-order valence-electron chi connectivity index (χ1n) is 4.71. The molecule has 64 valence electrons. The second-order valence-electron chi connectivity index (χ2n) is 3.54. The lowest BCUT2D eigenvalue weighted by Crippen LogP contribution is -2.07. The van der Waals surface area contributed by atoms with Gasteiger partial charge in [0.05, 0.1) is 0 Å². The highest BCUT2D eigenvalue weighted by atomic mass is 14.6. The molecule has 0 saturated heterocycles. The number of hydrogen-bond donors (Lipinski definition) is 1. The molecule has 12 heavy (non-hydrogen) atoms. The molecule has 0 saturated carbocycles. The molecule has 0 aromatic heterocycles. The van der Waals surface area contributed by atoms with Crippen LogP contribution in [0.5, 0.6) is 0 Å². The van der Waals surface area contributed by atoms with E-state index in [1.165, 1.54) is 31.3 Å². The first-order valence-corrected chi connectivity index (χ1v) is 4.71. The maximum atomic E-state index is 5.94. The second kappa shape index (κ2) is 3.18. The topological polar surface area (TPSA) is 26.0 Å². The monoisotopic (exact) mass is 161 g/mol. The Hall–Kier alpha value is -0.980. The van der Waals surface area contributed by atoms with E-state index in [2.05, 4.69) is 12.2 Å². The van der Waals surface area contributed by atoms with Crippen LogP contribution in [0.1, 0.15) is 32.1 Å². The third kappa shape index (κ3) is 1.31. The first kappa shape index (κ1) is 7.66. The lowest BCUT2D eigenvalue weighted by atomic mass is 9.89. The van der Waals surface area contributed by atoms with E-state index >= 15 is 0 Å². The standard InChI is InChI=1S/C11H15N/c12-11-8-4-2-6-9-5-1-3-7-10(9)11/h2,4,8H,1,3,5-7,12H2. The van der Waals surface area contributed by atoms with Gasteiger partial charge in [0.2, 0.25) is 0 Å². The zero-order valence-corrected chi connectivity index (χ0v) is 7.34. The molecule has 0 spiro atoms. The average molecular weight is 161 g/mol. The van der Waals surface area contributed by atoms with Crippen molar-refractivity contribution < 1.29 is 0 Å². The minimum Gasteiger partial charge on any atom is -0.399 e. The lowest BCUT2D eigenvalue weighted by Gasteiger charge is -2.18. The molecule has 2 aliphatic rings. The smallest absolute Gasteiger partial charge is 0.0346 e. The second-order valence-corrected chi connectivity index (χ2v) is 3.54. The van der Waals surface area contributed by atoms with Crippen molar-refractivity contribution in [3.05, 3.63) is 35.1 Å². The largest absolute Gasteiger partial charge is 0.399 e. The minimum absolute atomic E-state index is 0.999. The summed E-state index contributed by atoms with van der Waals surface area (Å²) in [5.74, 6) is 0. The Kier molecular flexibility index (Phi) is 2.03. The Morgan fingerprint density at radius 3 is 2.92 bits per heavy atom. The summed E-state index contributed by atoms with van der Waals surface area (Å²) in [6, 6.07) is 0. The summed E-state index contributed by atoms with van der Waals surface area (Å²) in [7, 11) is 0. The van der Waals surface area contributed by atoms with Gasteiger partial charge < -0.3 is 5.73 Å². The van der Waals surface area contributed by atoms with Crippen LogP contribution < -0.4 is 5.73 Å². The molecule has 0 amide bonds. The van der Waals surface area contributed by atoms with Gasteiger partial charge in [-0.3, -0.25) is 0 Å². The molecule has 0 aliphatic heterocycles. The molecule has 2 aliphatic carbocycles. The van der Waals surface area contributed by atoms with Gasteiger partial charge >= 0.3 is 0 Å². The Labute approximate surface area is 73.6 Å². The maximum Gasteiger partial charge on any atom is 0.0346 e. The highest BCUT2D eigenvalue weighted by Crippen LogP contribution is 2.31. The van der Waals surface area contributed by atoms with Crippen LogP contribution >= 0.6 is 0 Å². The minimum atomic E-state index is 0.999. The molecular weight excluding hydrogens is 146 g/mol. The van der Waals surface area contributed by atoms with Crippen LogP contribution in [0, 0.1) is 0 Å². The van der Waals surface area contributed by atoms with Gasteiger partial charge in [-0.1, -0.05) is 17.7 Å². The van der Waals surface area contributed by atoms with Crippen LogP contribution in [0.3, 0.4) is 0 Å². The molecule has 0 aromatic rings. The van der Waals surface area contributed by atoms with Crippen molar-refractivity contribution >= 4 is 0 Å². The van der Waals surface area contributed by atoms with Gasteiger partial charge in [0.25, 0.3) is 0 Å². The molecule has 2 rings (SSSR count). The Morgan fingerprint density at radius 2 is 2.00 bits per heavy atom. The van der Waals surface area contributed by atoms with E-state index in [1.54, 1.807) is 5.57 Å². The SMILES string of the molecule is NC1=CC=CCC2=C1CCCC2. The molecule has 0 aromatic carbocycles. The third-order valence-corrected chi connectivity index (χ3v) is 2.71. The van der Waals surface area contributed by atoms with E-state index in [1.807, 2.05) is 6.08 Å².